The lowest BCUT2D eigenvalue weighted by molar-refractivity contribution is -0.384. The number of pyridine rings is 1. The molecule has 0 amide bonds. The fourth-order valence-electron chi connectivity index (χ4n) is 1.63. The highest BCUT2D eigenvalue weighted by atomic mass is 16.6. The molecule has 8 heteroatoms. The van der Waals surface area contributed by atoms with Crippen molar-refractivity contribution in [2.45, 2.75) is 25.8 Å². The second kappa shape index (κ2) is 7.39. The minimum Gasteiger partial charge on any atom is -0.464 e. The summed E-state index contributed by atoms with van der Waals surface area (Å²) in [6, 6.07) is 2.33. The van der Waals surface area contributed by atoms with E-state index >= 15 is 0 Å². The maximum absolute atomic E-state index is 11.4. The molecule has 2 N–H and O–H groups in total. The highest BCUT2D eigenvalue weighted by Gasteiger charge is 2.20. The first kappa shape index (κ1) is 15.8. The van der Waals surface area contributed by atoms with Crippen molar-refractivity contribution in [2.24, 2.45) is 0 Å². The Morgan fingerprint density at radius 2 is 2.30 bits per heavy atom. The van der Waals surface area contributed by atoms with Crippen molar-refractivity contribution in [3.63, 3.8) is 0 Å². The Kier molecular flexibility index (Phi) is 5.85. The molecule has 0 fully saturated rings. The Bertz CT molecular complexity index is 492. The Morgan fingerprint density at radius 1 is 1.60 bits per heavy atom. The van der Waals surface area contributed by atoms with Crippen LogP contribution in [0.2, 0.25) is 0 Å². The zero-order valence-electron chi connectivity index (χ0n) is 11.3. The molecule has 0 aliphatic carbocycles. The molecule has 1 rings (SSSR count). The Morgan fingerprint density at radius 3 is 2.85 bits per heavy atom. The third-order valence-electron chi connectivity index (χ3n) is 2.64. The second-order valence-electron chi connectivity index (χ2n) is 4.22. The highest BCUT2D eigenvalue weighted by molar-refractivity contribution is 5.88. The first-order valence-electron chi connectivity index (χ1n) is 6.10. The van der Waals surface area contributed by atoms with Gasteiger partial charge in [-0.15, -0.1) is 0 Å². The summed E-state index contributed by atoms with van der Waals surface area (Å²) in [5.41, 5.74) is -0.219. The van der Waals surface area contributed by atoms with Gasteiger partial charge in [-0.3, -0.25) is 10.1 Å². The molecule has 0 saturated heterocycles. The molecule has 0 bridgehead atoms. The zero-order chi connectivity index (χ0) is 15.1. The van der Waals surface area contributed by atoms with Crippen molar-refractivity contribution < 1.29 is 19.6 Å². The summed E-state index contributed by atoms with van der Waals surface area (Å²) >= 11 is 0. The van der Waals surface area contributed by atoms with E-state index in [-0.39, 0.29) is 29.8 Å². The quantitative estimate of drug-likeness (QED) is 0.441. The number of carbonyl (C=O) groups excluding carboxylic acids is 1. The van der Waals surface area contributed by atoms with Crippen molar-refractivity contribution >= 4 is 17.5 Å². The zero-order valence-corrected chi connectivity index (χ0v) is 11.3. The molecule has 1 aromatic heterocycles. The standard InChI is InChI=1S/C12H17N3O5/c1-8(4-3-7-16)13-11-10(15(18)19)6-5-9(14-11)12(17)20-2/h5-6,8,16H,3-4,7H2,1-2H3,(H,13,14). The molecule has 110 valence electrons. The van der Waals surface area contributed by atoms with Crippen LogP contribution in [0.15, 0.2) is 12.1 Å². The number of ether oxygens (including phenoxy) is 1. The Balaban J connectivity index is 2.99. The van der Waals surface area contributed by atoms with Gasteiger partial charge < -0.3 is 15.2 Å². The number of nitro groups is 1. The number of carbonyl (C=O) groups is 1. The third kappa shape index (κ3) is 4.16. The molecule has 0 saturated carbocycles. The highest BCUT2D eigenvalue weighted by Crippen LogP contribution is 2.23. The summed E-state index contributed by atoms with van der Waals surface area (Å²) < 4.78 is 4.53. The van der Waals surface area contributed by atoms with E-state index < -0.39 is 10.9 Å². The summed E-state index contributed by atoms with van der Waals surface area (Å²) in [5, 5.41) is 22.6. The summed E-state index contributed by atoms with van der Waals surface area (Å²) in [7, 11) is 1.21. The number of hydrogen-bond donors (Lipinski definition) is 2. The molecular weight excluding hydrogens is 266 g/mol. The molecule has 1 atom stereocenters. The van der Waals surface area contributed by atoms with E-state index in [9.17, 15) is 14.9 Å². The number of esters is 1. The van der Waals surface area contributed by atoms with E-state index in [0.29, 0.717) is 12.8 Å². The van der Waals surface area contributed by atoms with Crippen LogP contribution in [0, 0.1) is 10.1 Å². The fourth-order valence-corrected chi connectivity index (χ4v) is 1.63. The van der Waals surface area contributed by atoms with Gasteiger partial charge in [-0.05, 0) is 25.8 Å². The van der Waals surface area contributed by atoms with Gasteiger partial charge in [0.25, 0.3) is 0 Å². The number of aliphatic hydroxyl groups excluding tert-OH is 1. The van der Waals surface area contributed by atoms with E-state index in [1.807, 2.05) is 6.92 Å². The molecule has 20 heavy (non-hydrogen) atoms. The minimum atomic E-state index is -0.661. The number of nitrogens with zero attached hydrogens (tertiary/aromatic N) is 2. The first-order valence-corrected chi connectivity index (χ1v) is 6.10. The predicted octanol–water partition coefficient (Wildman–Crippen LogP) is 1.35. The summed E-state index contributed by atoms with van der Waals surface area (Å²) in [5.74, 6) is -0.644. The molecule has 0 aromatic carbocycles. The molecule has 0 spiro atoms. The maximum Gasteiger partial charge on any atom is 0.356 e. The molecule has 0 aliphatic rings. The average Bonchev–Trinajstić information content (AvgIpc) is 2.43. The van der Waals surface area contributed by atoms with Gasteiger partial charge in [0.05, 0.1) is 12.0 Å². The molecule has 0 aliphatic heterocycles. The van der Waals surface area contributed by atoms with Crippen molar-refractivity contribution in [2.75, 3.05) is 19.0 Å². The lowest BCUT2D eigenvalue weighted by atomic mass is 10.2. The van der Waals surface area contributed by atoms with Crippen LogP contribution < -0.4 is 5.32 Å². The van der Waals surface area contributed by atoms with E-state index in [1.165, 1.54) is 19.2 Å². The topological polar surface area (TPSA) is 115 Å². The first-order chi connectivity index (χ1) is 9.49. The van der Waals surface area contributed by atoms with Gasteiger partial charge in [-0.25, -0.2) is 9.78 Å². The molecule has 1 aromatic rings. The lowest BCUT2D eigenvalue weighted by Crippen LogP contribution is -2.18. The summed E-state index contributed by atoms with van der Waals surface area (Å²) in [6.07, 6.45) is 1.19. The van der Waals surface area contributed by atoms with Crippen molar-refractivity contribution in [3.05, 3.63) is 27.9 Å². The number of methoxy groups -OCH3 is 1. The van der Waals surface area contributed by atoms with Crippen LogP contribution in [-0.2, 0) is 4.74 Å². The van der Waals surface area contributed by atoms with Gasteiger partial charge in [0.2, 0.25) is 5.82 Å². The summed E-state index contributed by atoms with van der Waals surface area (Å²) in [6.45, 7) is 1.86. The maximum atomic E-state index is 11.4. The molecular formula is C12H17N3O5. The molecule has 1 heterocycles. The minimum absolute atomic E-state index is 0.00467. The van der Waals surface area contributed by atoms with Gasteiger partial charge in [0.15, 0.2) is 5.69 Å². The van der Waals surface area contributed by atoms with E-state index in [4.69, 9.17) is 5.11 Å². The van der Waals surface area contributed by atoms with Crippen molar-refractivity contribution in [1.29, 1.82) is 0 Å². The number of aromatic nitrogens is 1. The Labute approximate surface area is 115 Å². The third-order valence-corrected chi connectivity index (χ3v) is 2.64. The van der Waals surface area contributed by atoms with Crippen LogP contribution in [0.25, 0.3) is 0 Å². The van der Waals surface area contributed by atoms with Gasteiger partial charge in [0.1, 0.15) is 0 Å². The SMILES string of the molecule is COC(=O)c1ccc([N+](=O)[O-])c(NC(C)CCCO)n1. The normalized spacial score (nSPS) is 11.8. The molecule has 8 nitrogen and oxygen atoms in total. The predicted molar refractivity (Wildman–Crippen MR) is 71.6 cm³/mol. The van der Waals surface area contributed by atoms with Gasteiger partial charge in [-0.2, -0.15) is 0 Å². The van der Waals surface area contributed by atoms with Gasteiger partial charge >= 0.3 is 11.7 Å². The number of anilines is 1. The molecule has 0 radical (unpaired) electrons. The summed E-state index contributed by atoms with van der Waals surface area (Å²) in [4.78, 5) is 25.7. The molecule has 1 unspecified atom stereocenters. The van der Waals surface area contributed by atoms with Crippen LogP contribution in [-0.4, -0.2) is 40.7 Å². The van der Waals surface area contributed by atoms with Crippen LogP contribution in [0.3, 0.4) is 0 Å². The number of hydrogen-bond acceptors (Lipinski definition) is 7. The van der Waals surface area contributed by atoms with Crippen molar-refractivity contribution in [1.82, 2.24) is 4.98 Å². The Hall–Kier alpha value is -2.22. The number of aliphatic hydroxyl groups is 1. The van der Waals surface area contributed by atoms with E-state index in [2.05, 4.69) is 15.0 Å². The monoisotopic (exact) mass is 283 g/mol. The van der Waals surface area contributed by atoms with E-state index in [1.54, 1.807) is 0 Å². The van der Waals surface area contributed by atoms with Crippen LogP contribution in [0.5, 0.6) is 0 Å². The van der Waals surface area contributed by atoms with E-state index in [0.717, 1.165) is 0 Å². The fraction of sp³-hybridized carbons (Fsp3) is 0.500. The van der Waals surface area contributed by atoms with Gasteiger partial charge in [-0.1, -0.05) is 0 Å². The lowest BCUT2D eigenvalue weighted by Gasteiger charge is -2.14. The van der Waals surface area contributed by atoms with Gasteiger partial charge in [0, 0.05) is 18.7 Å². The smallest absolute Gasteiger partial charge is 0.356 e. The van der Waals surface area contributed by atoms with Crippen LogP contribution >= 0.6 is 0 Å². The average molecular weight is 283 g/mol. The van der Waals surface area contributed by atoms with Crippen molar-refractivity contribution in [3.8, 4) is 0 Å². The van der Waals surface area contributed by atoms with Crippen LogP contribution in [0.1, 0.15) is 30.3 Å². The number of rotatable bonds is 7. The van der Waals surface area contributed by atoms with Crippen LogP contribution in [0.4, 0.5) is 11.5 Å². The number of nitrogens with one attached hydrogen (secondary N) is 1. The second-order valence-corrected chi connectivity index (χ2v) is 4.22. The largest absolute Gasteiger partial charge is 0.464 e.